The van der Waals surface area contributed by atoms with E-state index in [9.17, 15) is 0 Å². The van der Waals surface area contributed by atoms with Crippen LogP contribution in [0.15, 0.2) is 6.33 Å². The monoisotopic (exact) mass is 387 g/mol. The Kier molecular flexibility index (Phi) is 5.67. The summed E-state index contributed by atoms with van der Waals surface area (Å²) in [5.41, 5.74) is 1.36. The lowest BCUT2D eigenvalue weighted by atomic mass is 9.94. The van der Waals surface area contributed by atoms with E-state index in [2.05, 4.69) is 52.6 Å². The lowest BCUT2D eigenvalue weighted by Gasteiger charge is -2.40. The second-order valence-electron chi connectivity index (χ2n) is 8.61. The summed E-state index contributed by atoms with van der Waals surface area (Å²) < 4.78 is 0. The van der Waals surface area contributed by atoms with E-state index in [0.717, 1.165) is 35.7 Å². The quantitative estimate of drug-likeness (QED) is 0.802. The fourth-order valence-corrected chi connectivity index (χ4v) is 5.71. The molecule has 0 bridgehead atoms. The molecule has 1 atom stereocenters. The molecule has 2 aliphatic heterocycles. The Balaban J connectivity index is 1.38. The summed E-state index contributed by atoms with van der Waals surface area (Å²) in [7, 11) is 4.45. The van der Waals surface area contributed by atoms with Gasteiger partial charge in [0.05, 0.1) is 5.39 Å². The van der Waals surface area contributed by atoms with Crippen molar-refractivity contribution in [2.75, 3.05) is 51.7 Å². The molecule has 6 heteroatoms. The third-order valence-corrected chi connectivity index (χ3v) is 7.70. The summed E-state index contributed by atoms with van der Waals surface area (Å²) in [6.45, 7) is 10.4. The van der Waals surface area contributed by atoms with Crippen molar-refractivity contribution >= 4 is 27.4 Å². The number of nitrogens with zero attached hydrogens (tertiary/aromatic N) is 5. The van der Waals surface area contributed by atoms with Gasteiger partial charge in [-0.1, -0.05) is 0 Å². The van der Waals surface area contributed by atoms with E-state index in [0.29, 0.717) is 0 Å². The maximum absolute atomic E-state index is 4.68. The lowest BCUT2D eigenvalue weighted by molar-refractivity contribution is 0.113. The number of hydrogen-bond donors (Lipinski definition) is 0. The van der Waals surface area contributed by atoms with E-state index in [-0.39, 0.29) is 0 Å². The standard InChI is InChI=1S/C21H33N5S/c1-15-16(2)27-21-19(15)20(22-14-23-21)26-10-7-17(8-11-26)12-25-9-5-6-18(13-25)24(3)4/h14,17-18H,5-13H2,1-4H3. The van der Waals surface area contributed by atoms with E-state index in [1.807, 2.05) is 0 Å². The van der Waals surface area contributed by atoms with Gasteiger partial charge in [0.2, 0.25) is 0 Å². The number of rotatable bonds is 4. The highest BCUT2D eigenvalue weighted by Crippen LogP contribution is 2.35. The number of aryl methyl sites for hydroxylation is 2. The zero-order valence-corrected chi connectivity index (χ0v) is 18.1. The molecule has 27 heavy (non-hydrogen) atoms. The van der Waals surface area contributed by atoms with Crippen molar-refractivity contribution in [1.82, 2.24) is 19.8 Å². The van der Waals surface area contributed by atoms with Crippen molar-refractivity contribution in [3.8, 4) is 0 Å². The lowest BCUT2D eigenvalue weighted by Crippen LogP contribution is -2.47. The van der Waals surface area contributed by atoms with Gasteiger partial charge >= 0.3 is 0 Å². The Labute approximate surface area is 167 Å². The van der Waals surface area contributed by atoms with E-state index >= 15 is 0 Å². The third-order valence-electron chi connectivity index (χ3n) is 6.59. The van der Waals surface area contributed by atoms with Gasteiger partial charge in [0.15, 0.2) is 0 Å². The van der Waals surface area contributed by atoms with Crippen LogP contribution in [0.3, 0.4) is 0 Å². The first-order valence-electron chi connectivity index (χ1n) is 10.4. The maximum atomic E-state index is 4.68. The molecule has 2 aromatic heterocycles. The van der Waals surface area contributed by atoms with Crippen LogP contribution in [0.4, 0.5) is 5.82 Å². The van der Waals surface area contributed by atoms with E-state index in [1.165, 1.54) is 61.1 Å². The maximum Gasteiger partial charge on any atom is 0.141 e. The van der Waals surface area contributed by atoms with E-state index in [4.69, 9.17) is 0 Å². The first kappa shape index (κ1) is 19.1. The van der Waals surface area contributed by atoms with Crippen molar-refractivity contribution in [3.63, 3.8) is 0 Å². The molecule has 0 radical (unpaired) electrons. The fraction of sp³-hybridized carbons (Fsp3) is 0.714. The van der Waals surface area contributed by atoms with Crippen LogP contribution in [-0.2, 0) is 0 Å². The first-order chi connectivity index (χ1) is 13.0. The van der Waals surface area contributed by atoms with Gasteiger partial charge < -0.3 is 14.7 Å². The number of piperidine rings is 2. The topological polar surface area (TPSA) is 35.5 Å². The molecule has 0 aromatic carbocycles. The molecule has 0 N–H and O–H groups in total. The number of anilines is 1. The normalized spacial score (nSPS) is 22.9. The Morgan fingerprint density at radius 3 is 2.63 bits per heavy atom. The van der Waals surface area contributed by atoms with Crippen molar-refractivity contribution < 1.29 is 0 Å². The van der Waals surface area contributed by atoms with Crippen LogP contribution in [0.2, 0.25) is 0 Å². The molecular weight excluding hydrogens is 354 g/mol. The number of hydrogen-bond acceptors (Lipinski definition) is 6. The largest absolute Gasteiger partial charge is 0.356 e. The number of likely N-dealkylation sites (tertiary alicyclic amines) is 1. The Morgan fingerprint density at radius 2 is 1.89 bits per heavy atom. The van der Waals surface area contributed by atoms with Gasteiger partial charge in [-0.2, -0.15) is 0 Å². The SMILES string of the molecule is Cc1sc2ncnc(N3CCC(CN4CCCC(N(C)C)C4)CC3)c2c1C. The van der Waals surface area contributed by atoms with Crippen LogP contribution >= 0.6 is 11.3 Å². The predicted molar refractivity (Wildman–Crippen MR) is 115 cm³/mol. The highest BCUT2D eigenvalue weighted by atomic mass is 32.1. The van der Waals surface area contributed by atoms with Crippen molar-refractivity contribution in [2.24, 2.45) is 5.92 Å². The minimum atomic E-state index is 0.734. The zero-order chi connectivity index (χ0) is 19.0. The molecule has 0 amide bonds. The molecule has 2 aromatic rings. The van der Waals surface area contributed by atoms with Crippen LogP contribution < -0.4 is 4.90 Å². The van der Waals surface area contributed by atoms with Crippen LogP contribution in [0.5, 0.6) is 0 Å². The third kappa shape index (κ3) is 3.98. The van der Waals surface area contributed by atoms with Gasteiger partial charge in [-0.3, -0.25) is 0 Å². The molecule has 4 rings (SSSR count). The smallest absolute Gasteiger partial charge is 0.141 e. The minimum Gasteiger partial charge on any atom is -0.356 e. The number of fused-ring (bicyclic) bond motifs is 1. The van der Waals surface area contributed by atoms with Crippen LogP contribution in [0.1, 0.15) is 36.1 Å². The number of likely N-dealkylation sites (N-methyl/N-ethyl adjacent to an activating group) is 1. The number of thiophene rings is 1. The second-order valence-corrected chi connectivity index (χ2v) is 9.81. The van der Waals surface area contributed by atoms with Gasteiger partial charge in [-0.15, -0.1) is 11.3 Å². The highest BCUT2D eigenvalue weighted by Gasteiger charge is 2.27. The molecule has 0 saturated carbocycles. The van der Waals surface area contributed by atoms with Gasteiger partial charge in [-0.25, -0.2) is 9.97 Å². The molecule has 5 nitrogen and oxygen atoms in total. The van der Waals surface area contributed by atoms with Crippen molar-refractivity contribution in [2.45, 2.75) is 45.6 Å². The molecule has 2 saturated heterocycles. The van der Waals surface area contributed by atoms with Gasteiger partial charge in [-0.05, 0) is 71.7 Å². The van der Waals surface area contributed by atoms with Gasteiger partial charge in [0.1, 0.15) is 17.0 Å². The summed E-state index contributed by atoms with van der Waals surface area (Å²) in [4.78, 5) is 19.3. The summed E-state index contributed by atoms with van der Waals surface area (Å²) in [5.74, 6) is 1.98. The highest BCUT2D eigenvalue weighted by molar-refractivity contribution is 7.18. The summed E-state index contributed by atoms with van der Waals surface area (Å²) >= 11 is 1.79. The molecule has 2 fully saturated rings. The van der Waals surface area contributed by atoms with E-state index < -0.39 is 0 Å². The van der Waals surface area contributed by atoms with Gasteiger partial charge in [0.25, 0.3) is 0 Å². The zero-order valence-electron chi connectivity index (χ0n) is 17.2. The second kappa shape index (κ2) is 8.02. The van der Waals surface area contributed by atoms with Crippen molar-refractivity contribution in [3.05, 3.63) is 16.8 Å². The summed E-state index contributed by atoms with van der Waals surface area (Å²) in [6, 6.07) is 0.734. The first-order valence-corrected chi connectivity index (χ1v) is 11.2. The minimum absolute atomic E-state index is 0.734. The molecule has 148 valence electrons. The molecule has 2 aliphatic rings. The van der Waals surface area contributed by atoms with Crippen LogP contribution in [0.25, 0.3) is 10.2 Å². The molecule has 0 spiro atoms. The summed E-state index contributed by atoms with van der Waals surface area (Å²) in [5, 5.41) is 1.28. The molecular formula is C21H33N5S. The van der Waals surface area contributed by atoms with Crippen LogP contribution in [-0.4, -0.2) is 72.6 Å². The van der Waals surface area contributed by atoms with Crippen molar-refractivity contribution in [1.29, 1.82) is 0 Å². The number of aromatic nitrogens is 2. The Hall–Kier alpha value is -1.24. The average Bonchev–Trinajstić information content (AvgIpc) is 2.97. The molecule has 1 unspecified atom stereocenters. The summed E-state index contributed by atoms with van der Waals surface area (Å²) in [6.07, 6.45) is 6.99. The molecule has 0 aliphatic carbocycles. The predicted octanol–water partition coefficient (Wildman–Crippen LogP) is 3.55. The Morgan fingerprint density at radius 1 is 1.11 bits per heavy atom. The van der Waals surface area contributed by atoms with E-state index in [1.54, 1.807) is 17.7 Å². The Bertz CT molecular complexity index is 778. The average molecular weight is 388 g/mol. The molecule has 4 heterocycles. The van der Waals surface area contributed by atoms with Gasteiger partial charge in [0, 0.05) is 37.1 Å². The fourth-order valence-electron chi connectivity index (χ4n) is 4.71. The van der Waals surface area contributed by atoms with Crippen LogP contribution in [0, 0.1) is 19.8 Å².